The molecule has 0 aliphatic rings. The molecule has 0 aliphatic carbocycles. The first kappa shape index (κ1) is 17.7. The summed E-state index contributed by atoms with van der Waals surface area (Å²) in [5, 5.41) is 0. The lowest BCUT2D eigenvalue weighted by molar-refractivity contribution is 0.111. The molecule has 8 heteroatoms. The first-order chi connectivity index (χ1) is 7.27. The van der Waals surface area contributed by atoms with E-state index in [2.05, 4.69) is 35.9 Å². The number of carbonyl (C=O) groups excluding carboxylic acids is 2. The van der Waals surface area contributed by atoms with E-state index < -0.39 is 0 Å². The lowest BCUT2D eigenvalue weighted by atomic mass is 10.6. The number of hydrogen-bond acceptors (Lipinski definition) is 4. The molecule has 0 atom stereocenters. The van der Waals surface area contributed by atoms with E-state index in [1.54, 1.807) is 0 Å². The van der Waals surface area contributed by atoms with Gasteiger partial charge in [-0.1, -0.05) is 7.43 Å². The summed E-state index contributed by atoms with van der Waals surface area (Å²) in [6.45, 7) is 0. The molecule has 0 bridgehead atoms. The highest BCUT2D eigenvalue weighted by molar-refractivity contribution is 9.10. The molecule has 2 rings (SSSR count). The molecule has 2 N–H and O–H groups in total. The van der Waals surface area contributed by atoms with Crippen molar-refractivity contribution in [2.45, 2.75) is 7.43 Å². The van der Waals surface area contributed by atoms with E-state index in [4.69, 9.17) is 0 Å². The molecule has 0 spiro atoms. The third-order valence-electron chi connectivity index (χ3n) is 1.38. The largest absolute Gasteiger partial charge is 0.342 e. The molecule has 0 aromatic carbocycles. The van der Waals surface area contributed by atoms with E-state index in [1.807, 2.05) is 0 Å². The van der Waals surface area contributed by atoms with Gasteiger partial charge >= 0.3 is 0 Å². The van der Waals surface area contributed by atoms with Crippen molar-refractivity contribution in [2.75, 3.05) is 0 Å². The van der Waals surface area contributed by atoms with Crippen molar-refractivity contribution < 1.29 is 9.59 Å². The second-order valence-corrected chi connectivity index (χ2v) is 3.14. The van der Waals surface area contributed by atoms with Crippen LogP contribution in [-0.4, -0.2) is 40.9 Å². The number of aldehydes is 2. The van der Waals surface area contributed by atoms with Gasteiger partial charge in [-0.2, -0.15) is 0 Å². The number of nitrogens with one attached hydrogen (secondary N) is 2. The number of halogens is 1. The molecular formula is C9H11BBrN4O2. The van der Waals surface area contributed by atoms with Gasteiger partial charge in [-0.05, 0) is 15.9 Å². The number of aromatic nitrogens is 4. The van der Waals surface area contributed by atoms with E-state index in [0.29, 0.717) is 28.6 Å². The van der Waals surface area contributed by atoms with Crippen LogP contribution < -0.4 is 0 Å². The van der Waals surface area contributed by atoms with Gasteiger partial charge in [-0.25, -0.2) is 9.97 Å². The summed E-state index contributed by atoms with van der Waals surface area (Å²) in [4.78, 5) is 32.3. The summed E-state index contributed by atoms with van der Waals surface area (Å²) in [6.07, 6.45) is 5.78. The third-order valence-corrected chi connectivity index (χ3v) is 2.01. The van der Waals surface area contributed by atoms with Crippen LogP contribution in [0, 0.1) is 0 Å². The Kier molecular flexibility index (Phi) is 9.91. The van der Waals surface area contributed by atoms with Crippen molar-refractivity contribution in [2.24, 2.45) is 0 Å². The third kappa shape index (κ3) is 5.81. The van der Waals surface area contributed by atoms with E-state index >= 15 is 0 Å². The van der Waals surface area contributed by atoms with Crippen LogP contribution in [0.4, 0.5) is 0 Å². The zero-order valence-corrected chi connectivity index (χ0v) is 9.64. The summed E-state index contributed by atoms with van der Waals surface area (Å²) >= 11 is 3.08. The van der Waals surface area contributed by atoms with Gasteiger partial charge in [0.25, 0.3) is 0 Å². The number of carbonyl (C=O) groups is 2. The number of H-pyrrole nitrogens is 2. The van der Waals surface area contributed by atoms with Crippen LogP contribution in [0.5, 0.6) is 0 Å². The molecule has 17 heavy (non-hydrogen) atoms. The Hall–Kier alpha value is -1.70. The standard InChI is InChI=1S/C4H3BrN2O.C4H4N2O.CH4.B/c5-4-3(1-8)6-2-7-4;7-2-4-1-5-3-6-4;;/h1-2H,(H,6,7);1-3H,(H,5,6);1H4;. The fourth-order valence-corrected chi connectivity index (χ4v) is 1.00. The van der Waals surface area contributed by atoms with Crippen LogP contribution in [0.15, 0.2) is 23.5 Å². The number of hydrogen-bond donors (Lipinski definition) is 2. The molecule has 89 valence electrons. The van der Waals surface area contributed by atoms with Crippen LogP contribution in [0.2, 0.25) is 0 Å². The highest BCUT2D eigenvalue weighted by Crippen LogP contribution is 2.06. The highest BCUT2D eigenvalue weighted by Gasteiger charge is 1.96. The number of aromatic amines is 2. The molecule has 6 nitrogen and oxygen atoms in total. The Morgan fingerprint density at radius 3 is 2.12 bits per heavy atom. The van der Waals surface area contributed by atoms with Gasteiger partial charge in [0, 0.05) is 8.41 Å². The van der Waals surface area contributed by atoms with Crippen LogP contribution >= 0.6 is 15.9 Å². The van der Waals surface area contributed by atoms with E-state index in [-0.39, 0.29) is 15.8 Å². The molecular weight excluding hydrogens is 287 g/mol. The summed E-state index contributed by atoms with van der Waals surface area (Å²) in [5.74, 6) is 0. The van der Waals surface area contributed by atoms with E-state index in [1.165, 1.54) is 18.9 Å². The van der Waals surface area contributed by atoms with E-state index in [0.717, 1.165) is 0 Å². The SMILES string of the molecule is C.O=Cc1cnc[nH]1.O=Cc1nc[nH]c1Br.[B]. The predicted molar refractivity (Wildman–Crippen MR) is 68.1 cm³/mol. The van der Waals surface area contributed by atoms with Crippen molar-refractivity contribution in [3.63, 3.8) is 0 Å². The van der Waals surface area contributed by atoms with Gasteiger partial charge < -0.3 is 9.97 Å². The van der Waals surface area contributed by atoms with Gasteiger partial charge in [0.1, 0.15) is 10.3 Å². The molecule has 2 heterocycles. The molecule has 0 amide bonds. The fraction of sp³-hybridized carbons (Fsp3) is 0.111. The second-order valence-electron chi connectivity index (χ2n) is 2.34. The average Bonchev–Trinajstić information content (AvgIpc) is 2.88. The number of nitrogens with zero attached hydrogens (tertiary/aromatic N) is 2. The zero-order valence-electron chi connectivity index (χ0n) is 8.05. The summed E-state index contributed by atoms with van der Waals surface area (Å²) in [5.41, 5.74) is 0.921. The molecule has 0 unspecified atom stereocenters. The average molecular weight is 298 g/mol. The minimum atomic E-state index is 0. The van der Waals surface area contributed by atoms with Crippen molar-refractivity contribution in [3.8, 4) is 0 Å². The van der Waals surface area contributed by atoms with Gasteiger partial charge in [0.05, 0.1) is 24.5 Å². The number of rotatable bonds is 2. The second kappa shape index (κ2) is 9.53. The maximum atomic E-state index is 9.98. The van der Waals surface area contributed by atoms with Gasteiger partial charge in [-0.15, -0.1) is 0 Å². The first-order valence-electron chi connectivity index (χ1n) is 3.85. The van der Waals surface area contributed by atoms with E-state index in [9.17, 15) is 9.59 Å². The number of imidazole rings is 2. The summed E-state index contributed by atoms with van der Waals surface area (Å²) in [6, 6.07) is 0. The highest BCUT2D eigenvalue weighted by atomic mass is 79.9. The Labute approximate surface area is 109 Å². The fourth-order valence-electron chi connectivity index (χ4n) is 0.702. The quantitative estimate of drug-likeness (QED) is 0.648. The van der Waals surface area contributed by atoms with Crippen LogP contribution in [0.1, 0.15) is 28.4 Å². The van der Waals surface area contributed by atoms with Crippen LogP contribution in [0.3, 0.4) is 0 Å². The van der Waals surface area contributed by atoms with Gasteiger partial charge in [-0.3, -0.25) is 9.59 Å². The predicted octanol–water partition coefficient (Wildman–Crippen LogP) is 1.46. The molecule has 3 radical (unpaired) electrons. The minimum absolute atomic E-state index is 0. The summed E-state index contributed by atoms with van der Waals surface area (Å²) in [7, 11) is 0. The monoisotopic (exact) mass is 297 g/mol. The molecule has 0 aliphatic heterocycles. The lowest BCUT2D eigenvalue weighted by Crippen LogP contribution is -1.76. The molecule has 0 fully saturated rings. The smallest absolute Gasteiger partial charge is 0.171 e. The topological polar surface area (TPSA) is 91.5 Å². The van der Waals surface area contributed by atoms with Crippen molar-refractivity contribution in [1.29, 1.82) is 0 Å². The van der Waals surface area contributed by atoms with Gasteiger partial charge in [0.2, 0.25) is 0 Å². The van der Waals surface area contributed by atoms with Crippen molar-refractivity contribution in [3.05, 3.63) is 34.8 Å². The Morgan fingerprint density at radius 2 is 1.88 bits per heavy atom. The molecule has 0 saturated heterocycles. The first-order valence-corrected chi connectivity index (χ1v) is 4.64. The Morgan fingerprint density at radius 1 is 1.18 bits per heavy atom. The van der Waals surface area contributed by atoms with Crippen molar-refractivity contribution >= 4 is 36.9 Å². The normalized spacial score (nSPS) is 7.82. The zero-order chi connectivity index (χ0) is 11.1. The van der Waals surface area contributed by atoms with Crippen LogP contribution in [0.25, 0.3) is 0 Å². The molecule has 0 saturated carbocycles. The van der Waals surface area contributed by atoms with Crippen LogP contribution in [-0.2, 0) is 0 Å². The molecule has 2 aromatic heterocycles. The van der Waals surface area contributed by atoms with Crippen molar-refractivity contribution in [1.82, 2.24) is 19.9 Å². The Bertz CT molecular complexity index is 430. The maximum Gasteiger partial charge on any atom is 0.171 e. The molecule has 2 aromatic rings. The Balaban J connectivity index is 0. The summed E-state index contributed by atoms with van der Waals surface area (Å²) < 4.78 is 0.632. The maximum absolute atomic E-state index is 9.98. The minimum Gasteiger partial charge on any atom is -0.342 e. The van der Waals surface area contributed by atoms with Gasteiger partial charge in [0.15, 0.2) is 12.6 Å². The lowest BCUT2D eigenvalue weighted by Gasteiger charge is -1.75.